The van der Waals surface area contributed by atoms with E-state index < -0.39 is 11.9 Å². The van der Waals surface area contributed by atoms with Crippen LogP contribution in [0.15, 0.2) is 46.9 Å². The number of fused-ring (bicyclic) bond motifs is 1. The number of carbonyl (C=O) groups is 2. The van der Waals surface area contributed by atoms with Crippen molar-refractivity contribution in [2.75, 3.05) is 13.2 Å². The fourth-order valence-electron chi connectivity index (χ4n) is 3.28. The van der Waals surface area contributed by atoms with Gasteiger partial charge in [-0.05, 0) is 51.0 Å². The van der Waals surface area contributed by atoms with E-state index in [4.69, 9.17) is 13.9 Å². The maximum Gasteiger partial charge on any atom is 0.344 e. The van der Waals surface area contributed by atoms with Crippen molar-refractivity contribution in [2.24, 2.45) is 0 Å². The van der Waals surface area contributed by atoms with Gasteiger partial charge in [0.2, 0.25) is 0 Å². The number of para-hydroxylation sites is 1. The van der Waals surface area contributed by atoms with Crippen molar-refractivity contribution in [3.8, 4) is 5.75 Å². The summed E-state index contributed by atoms with van der Waals surface area (Å²) in [6, 6.07) is 13.1. The van der Waals surface area contributed by atoms with Crippen LogP contribution in [0.5, 0.6) is 5.75 Å². The van der Waals surface area contributed by atoms with Crippen LogP contribution >= 0.6 is 0 Å². The Morgan fingerprint density at radius 1 is 1.03 bits per heavy atom. The molecule has 152 valence electrons. The summed E-state index contributed by atoms with van der Waals surface area (Å²) in [6.45, 7) is 7.03. The second-order valence-electron chi connectivity index (χ2n) is 7.15. The third kappa shape index (κ3) is 5.16. The molecule has 0 fully saturated rings. The standard InChI is InChI=1S/C23H25NO5/c1-14-9-15(2)23(16(3)10-14)28-13-22(26)27-12-21(25)24-17(4)20-11-18-7-5-6-8-19(18)29-20/h5-11,17H,12-13H2,1-4H3,(H,24,25)/t17-/m1/s1. The molecular weight excluding hydrogens is 370 g/mol. The molecule has 2 aromatic carbocycles. The van der Waals surface area contributed by atoms with Crippen LogP contribution in [-0.2, 0) is 14.3 Å². The van der Waals surface area contributed by atoms with Crippen LogP contribution in [0.2, 0.25) is 0 Å². The van der Waals surface area contributed by atoms with Crippen LogP contribution in [0.1, 0.15) is 35.4 Å². The molecule has 1 amide bonds. The molecule has 6 heteroatoms. The van der Waals surface area contributed by atoms with Gasteiger partial charge in [0.25, 0.3) is 5.91 Å². The van der Waals surface area contributed by atoms with Crippen molar-refractivity contribution in [2.45, 2.75) is 33.7 Å². The normalized spacial score (nSPS) is 11.9. The zero-order valence-corrected chi connectivity index (χ0v) is 17.1. The summed E-state index contributed by atoms with van der Waals surface area (Å²) < 4.78 is 16.3. The fourth-order valence-corrected chi connectivity index (χ4v) is 3.28. The number of furan rings is 1. The minimum atomic E-state index is -0.601. The molecular formula is C23H25NO5. The van der Waals surface area contributed by atoms with E-state index in [1.807, 2.05) is 70.2 Å². The van der Waals surface area contributed by atoms with Gasteiger partial charge in [0.15, 0.2) is 13.2 Å². The van der Waals surface area contributed by atoms with E-state index in [1.165, 1.54) is 0 Å². The Hall–Kier alpha value is -3.28. The molecule has 1 aromatic heterocycles. The molecule has 0 spiro atoms. The monoisotopic (exact) mass is 395 g/mol. The summed E-state index contributed by atoms with van der Waals surface area (Å²) >= 11 is 0. The number of rotatable bonds is 7. The van der Waals surface area contributed by atoms with E-state index in [0.29, 0.717) is 11.5 Å². The SMILES string of the molecule is Cc1cc(C)c(OCC(=O)OCC(=O)N[C@H](C)c2cc3ccccc3o2)c(C)c1. The van der Waals surface area contributed by atoms with E-state index in [-0.39, 0.29) is 19.3 Å². The van der Waals surface area contributed by atoms with Gasteiger partial charge in [-0.2, -0.15) is 0 Å². The van der Waals surface area contributed by atoms with Gasteiger partial charge in [-0.3, -0.25) is 4.79 Å². The van der Waals surface area contributed by atoms with Crippen molar-refractivity contribution in [1.82, 2.24) is 5.32 Å². The smallest absolute Gasteiger partial charge is 0.344 e. The van der Waals surface area contributed by atoms with Gasteiger partial charge >= 0.3 is 5.97 Å². The summed E-state index contributed by atoms with van der Waals surface area (Å²) in [6.07, 6.45) is 0. The first-order valence-electron chi connectivity index (χ1n) is 9.47. The Balaban J connectivity index is 1.47. The average molecular weight is 395 g/mol. The van der Waals surface area contributed by atoms with Crippen LogP contribution in [0.4, 0.5) is 0 Å². The Labute approximate surface area is 169 Å². The van der Waals surface area contributed by atoms with E-state index in [1.54, 1.807) is 0 Å². The summed E-state index contributed by atoms with van der Waals surface area (Å²) in [5.41, 5.74) is 3.79. The predicted octanol–water partition coefficient (Wildman–Crippen LogP) is 4.16. The van der Waals surface area contributed by atoms with Gasteiger partial charge in [-0.1, -0.05) is 35.9 Å². The van der Waals surface area contributed by atoms with Gasteiger partial charge in [-0.25, -0.2) is 4.79 Å². The lowest BCUT2D eigenvalue weighted by Crippen LogP contribution is -2.31. The van der Waals surface area contributed by atoms with Crippen molar-refractivity contribution >= 4 is 22.8 Å². The number of hydrogen-bond acceptors (Lipinski definition) is 5. The lowest BCUT2D eigenvalue weighted by atomic mass is 10.1. The summed E-state index contributed by atoms with van der Waals surface area (Å²) in [5.74, 6) is 0.292. The molecule has 0 bridgehead atoms. The number of hydrogen-bond donors (Lipinski definition) is 1. The molecule has 0 unspecified atom stereocenters. The molecule has 0 saturated heterocycles. The topological polar surface area (TPSA) is 77.8 Å². The highest BCUT2D eigenvalue weighted by Crippen LogP contribution is 2.25. The second kappa shape index (κ2) is 8.82. The molecule has 0 aliphatic carbocycles. The zero-order valence-electron chi connectivity index (χ0n) is 17.1. The van der Waals surface area contributed by atoms with Crippen molar-refractivity contribution in [3.05, 3.63) is 64.9 Å². The number of amides is 1. The summed E-state index contributed by atoms with van der Waals surface area (Å²) in [7, 11) is 0. The van der Waals surface area contributed by atoms with E-state index in [2.05, 4.69) is 5.32 Å². The number of esters is 1. The van der Waals surface area contributed by atoms with Gasteiger partial charge in [0.1, 0.15) is 17.1 Å². The van der Waals surface area contributed by atoms with Gasteiger partial charge < -0.3 is 19.2 Å². The Morgan fingerprint density at radius 3 is 2.41 bits per heavy atom. The number of carbonyl (C=O) groups excluding carboxylic acids is 2. The largest absolute Gasteiger partial charge is 0.481 e. The molecule has 1 N–H and O–H groups in total. The molecule has 0 aliphatic heterocycles. The van der Waals surface area contributed by atoms with Gasteiger partial charge in [-0.15, -0.1) is 0 Å². The summed E-state index contributed by atoms with van der Waals surface area (Å²) in [5, 5.41) is 3.73. The van der Waals surface area contributed by atoms with E-state index in [9.17, 15) is 9.59 Å². The number of ether oxygens (including phenoxy) is 2. The molecule has 0 radical (unpaired) electrons. The predicted molar refractivity (Wildman–Crippen MR) is 110 cm³/mol. The van der Waals surface area contributed by atoms with Crippen LogP contribution in [-0.4, -0.2) is 25.1 Å². The molecule has 0 aliphatic rings. The highest BCUT2D eigenvalue weighted by molar-refractivity contribution is 5.82. The zero-order chi connectivity index (χ0) is 21.0. The number of nitrogens with one attached hydrogen (secondary N) is 1. The number of benzene rings is 2. The van der Waals surface area contributed by atoms with Crippen LogP contribution in [0.3, 0.4) is 0 Å². The fraction of sp³-hybridized carbons (Fsp3) is 0.304. The minimum Gasteiger partial charge on any atom is -0.481 e. The summed E-state index contributed by atoms with van der Waals surface area (Å²) in [4.78, 5) is 24.0. The molecule has 3 aromatic rings. The molecule has 29 heavy (non-hydrogen) atoms. The third-order valence-electron chi connectivity index (χ3n) is 4.55. The van der Waals surface area contributed by atoms with Gasteiger partial charge in [0, 0.05) is 5.39 Å². The van der Waals surface area contributed by atoms with Crippen LogP contribution in [0.25, 0.3) is 11.0 Å². The first-order valence-corrected chi connectivity index (χ1v) is 9.47. The Morgan fingerprint density at radius 2 is 1.72 bits per heavy atom. The first-order chi connectivity index (χ1) is 13.8. The van der Waals surface area contributed by atoms with Crippen LogP contribution in [0, 0.1) is 20.8 Å². The minimum absolute atomic E-state index is 0.253. The Bertz CT molecular complexity index is 981. The van der Waals surface area contributed by atoms with Crippen LogP contribution < -0.4 is 10.1 Å². The quantitative estimate of drug-likeness (QED) is 0.608. The van der Waals surface area contributed by atoms with Crippen molar-refractivity contribution < 1.29 is 23.5 Å². The molecule has 1 heterocycles. The molecule has 1 atom stereocenters. The third-order valence-corrected chi connectivity index (χ3v) is 4.55. The lowest BCUT2D eigenvalue weighted by molar-refractivity contribution is -0.150. The number of aryl methyl sites for hydroxylation is 3. The van der Waals surface area contributed by atoms with Crippen molar-refractivity contribution in [1.29, 1.82) is 0 Å². The first kappa shape index (κ1) is 20.5. The Kier molecular flexibility index (Phi) is 6.22. The molecule has 3 rings (SSSR count). The van der Waals surface area contributed by atoms with Gasteiger partial charge in [0.05, 0.1) is 6.04 Å². The van der Waals surface area contributed by atoms with Crippen molar-refractivity contribution in [3.63, 3.8) is 0 Å². The maximum absolute atomic E-state index is 12.1. The highest BCUT2D eigenvalue weighted by atomic mass is 16.6. The highest BCUT2D eigenvalue weighted by Gasteiger charge is 2.16. The van der Waals surface area contributed by atoms with E-state index >= 15 is 0 Å². The lowest BCUT2D eigenvalue weighted by Gasteiger charge is -2.13. The van der Waals surface area contributed by atoms with E-state index in [0.717, 1.165) is 27.7 Å². The molecule has 0 saturated carbocycles. The average Bonchev–Trinajstić information content (AvgIpc) is 3.10. The molecule has 6 nitrogen and oxygen atoms in total. The maximum atomic E-state index is 12.1. The second-order valence-corrected chi connectivity index (χ2v) is 7.15.